The monoisotopic (exact) mass is 736 g/mol. The molecule has 0 aliphatic rings. The average molecular weight is 737 g/mol. The third-order valence-corrected chi connectivity index (χ3v) is 10.6. The molecule has 6 aromatic carbocycles. The zero-order chi connectivity index (χ0) is 40.5. The minimum absolute atomic E-state index is 0.0917. The normalized spacial score (nSPS) is 12.1. The van der Waals surface area contributed by atoms with Crippen LogP contribution in [0.4, 0.5) is 34.1 Å². The summed E-state index contributed by atoms with van der Waals surface area (Å²) in [6, 6.07) is 53.1. The maximum atomic E-state index is 3.43. The molecule has 0 amide bonds. The SMILES string of the molecule is CC(C)(C)c1ccc(N(c2ccc(C#Cc3ccc(N(c4ccc(C(C)(C)C)cc4)c4ccc(C(C)(C)C)cc4)cc3)cc2)c2ccc(C(C)(C)C)cc2)cc1. The van der Waals surface area contributed by atoms with E-state index < -0.39 is 0 Å². The topological polar surface area (TPSA) is 6.48 Å². The van der Waals surface area contributed by atoms with Crippen LogP contribution in [0.5, 0.6) is 0 Å². The van der Waals surface area contributed by atoms with Gasteiger partial charge in [0.05, 0.1) is 0 Å². The van der Waals surface area contributed by atoms with Crippen LogP contribution >= 0.6 is 0 Å². The van der Waals surface area contributed by atoms with Crippen molar-refractivity contribution in [1.29, 1.82) is 0 Å². The van der Waals surface area contributed by atoms with Crippen molar-refractivity contribution in [2.75, 3.05) is 9.80 Å². The van der Waals surface area contributed by atoms with E-state index in [0.717, 1.165) is 45.3 Å². The highest BCUT2D eigenvalue weighted by atomic mass is 15.1. The third kappa shape index (κ3) is 9.46. The number of hydrogen-bond donors (Lipinski definition) is 0. The molecule has 0 heterocycles. The van der Waals surface area contributed by atoms with E-state index in [0.29, 0.717) is 0 Å². The van der Waals surface area contributed by atoms with Crippen LogP contribution in [-0.2, 0) is 21.7 Å². The molecule has 6 aromatic rings. The number of anilines is 6. The Morgan fingerprint density at radius 2 is 0.411 bits per heavy atom. The Bertz CT molecular complexity index is 1990. The second-order valence-electron chi connectivity index (χ2n) is 19.2. The molecule has 0 aliphatic carbocycles. The van der Waals surface area contributed by atoms with Gasteiger partial charge in [-0.3, -0.25) is 0 Å². The molecule has 0 N–H and O–H groups in total. The van der Waals surface area contributed by atoms with Gasteiger partial charge in [0.15, 0.2) is 0 Å². The minimum atomic E-state index is 0.0917. The van der Waals surface area contributed by atoms with Crippen molar-refractivity contribution < 1.29 is 0 Å². The van der Waals surface area contributed by atoms with E-state index in [1.165, 1.54) is 22.3 Å². The van der Waals surface area contributed by atoms with E-state index in [1.807, 2.05) is 0 Å². The predicted octanol–water partition coefficient (Wildman–Crippen LogP) is 15.2. The second kappa shape index (κ2) is 15.5. The fraction of sp³-hybridized carbons (Fsp3) is 0.296. The molecular formula is C54H60N2. The summed E-state index contributed by atoms with van der Waals surface area (Å²) < 4.78 is 0. The lowest BCUT2D eigenvalue weighted by Crippen LogP contribution is -2.14. The fourth-order valence-corrected chi connectivity index (χ4v) is 6.87. The van der Waals surface area contributed by atoms with Crippen LogP contribution < -0.4 is 9.80 Å². The Balaban J connectivity index is 1.28. The van der Waals surface area contributed by atoms with Gasteiger partial charge in [-0.1, -0.05) is 143 Å². The molecule has 0 fully saturated rings. The smallest absolute Gasteiger partial charge is 0.0462 e. The molecule has 0 unspecified atom stereocenters. The van der Waals surface area contributed by atoms with Crippen LogP contribution in [0.2, 0.25) is 0 Å². The van der Waals surface area contributed by atoms with Crippen LogP contribution in [0.25, 0.3) is 0 Å². The Morgan fingerprint density at radius 1 is 0.250 bits per heavy atom. The fourth-order valence-electron chi connectivity index (χ4n) is 6.87. The number of rotatable bonds is 6. The first kappa shape index (κ1) is 40.2. The van der Waals surface area contributed by atoms with E-state index >= 15 is 0 Å². The van der Waals surface area contributed by atoms with Gasteiger partial charge < -0.3 is 9.80 Å². The number of hydrogen-bond acceptors (Lipinski definition) is 2. The molecule has 0 atom stereocenters. The van der Waals surface area contributed by atoms with Crippen molar-refractivity contribution in [3.63, 3.8) is 0 Å². The highest BCUT2D eigenvalue weighted by Gasteiger charge is 2.20. The summed E-state index contributed by atoms with van der Waals surface area (Å²) >= 11 is 0. The van der Waals surface area contributed by atoms with Crippen molar-refractivity contribution in [1.82, 2.24) is 0 Å². The lowest BCUT2D eigenvalue weighted by Gasteiger charge is -2.28. The largest absolute Gasteiger partial charge is 0.311 e. The first-order valence-corrected chi connectivity index (χ1v) is 20.0. The summed E-state index contributed by atoms with van der Waals surface area (Å²) in [4.78, 5) is 4.65. The molecule has 0 radical (unpaired) electrons. The molecule has 6 rings (SSSR count). The van der Waals surface area contributed by atoms with Gasteiger partial charge in [0, 0.05) is 45.3 Å². The van der Waals surface area contributed by atoms with Crippen molar-refractivity contribution >= 4 is 34.1 Å². The summed E-state index contributed by atoms with van der Waals surface area (Å²) in [5.41, 5.74) is 14.3. The Kier molecular flexibility index (Phi) is 11.1. The summed E-state index contributed by atoms with van der Waals surface area (Å²) in [5, 5.41) is 0. The Labute approximate surface area is 338 Å². The van der Waals surface area contributed by atoms with Crippen LogP contribution in [0.15, 0.2) is 146 Å². The molecule has 56 heavy (non-hydrogen) atoms. The van der Waals surface area contributed by atoms with Gasteiger partial charge in [-0.05, 0) is 141 Å². The van der Waals surface area contributed by atoms with Gasteiger partial charge in [0.25, 0.3) is 0 Å². The van der Waals surface area contributed by atoms with E-state index in [2.05, 4.69) is 250 Å². The van der Waals surface area contributed by atoms with Gasteiger partial charge in [0.1, 0.15) is 0 Å². The molecule has 2 nitrogen and oxygen atoms in total. The molecule has 0 aromatic heterocycles. The van der Waals surface area contributed by atoms with Gasteiger partial charge in [-0.15, -0.1) is 0 Å². The van der Waals surface area contributed by atoms with Crippen LogP contribution in [-0.4, -0.2) is 0 Å². The highest BCUT2D eigenvalue weighted by molar-refractivity contribution is 5.78. The van der Waals surface area contributed by atoms with Crippen molar-refractivity contribution in [3.8, 4) is 11.8 Å². The first-order valence-electron chi connectivity index (χ1n) is 20.0. The summed E-state index contributed by atoms with van der Waals surface area (Å²) in [7, 11) is 0. The van der Waals surface area contributed by atoms with E-state index in [4.69, 9.17) is 0 Å². The lowest BCUT2D eigenvalue weighted by molar-refractivity contribution is 0.590. The summed E-state index contributed by atoms with van der Waals surface area (Å²) in [5.74, 6) is 6.85. The average Bonchev–Trinajstić information content (AvgIpc) is 3.15. The van der Waals surface area contributed by atoms with Crippen LogP contribution in [0.3, 0.4) is 0 Å². The molecule has 0 saturated carbocycles. The van der Waals surface area contributed by atoms with E-state index in [-0.39, 0.29) is 21.7 Å². The van der Waals surface area contributed by atoms with Gasteiger partial charge in [0.2, 0.25) is 0 Å². The lowest BCUT2D eigenvalue weighted by atomic mass is 9.86. The maximum absolute atomic E-state index is 3.43. The van der Waals surface area contributed by atoms with Gasteiger partial charge in [-0.25, -0.2) is 0 Å². The van der Waals surface area contributed by atoms with Gasteiger partial charge >= 0.3 is 0 Å². The quantitative estimate of drug-likeness (QED) is 0.157. The van der Waals surface area contributed by atoms with Crippen molar-refractivity contribution in [3.05, 3.63) is 179 Å². The highest BCUT2D eigenvalue weighted by Crippen LogP contribution is 2.39. The van der Waals surface area contributed by atoms with Crippen LogP contribution in [0, 0.1) is 11.8 Å². The maximum Gasteiger partial charge on any atom is 0.0462 e. The first-order chi connectivity index (χ1) is 26.3. The van der Waals surface area contributed by atoms with Crippen LogP contribution in [0.1, 0.15) is 116 Å². The minimum Gasteiger partial charge on any atom is -0.311 e. The van der Waals surface area contributed by atoms with Crippen molar-refractivity contribution in [2.24, 2.45) is 0 Å². The zero-order valence-electron chi connectivity index (χ0n) is 35.8. The molecular weight excluding hydrogens is 677 g/mol. The molecule has 2 heteroatoms. The van der Waals surface area contributed by atoms with Crippen molar-refractivity contribution in [2.45, 2.75) is 105 Å². The zero-order valence-corrected chi connectivity index (χ0v) is 35.8. The summed E-state index contributed by atoms with van der Waals surface area (Å²) in [6.45, 7) is 27.1. The van der Waals surface area contributed by atoms with E-state index in [1.54, 1.807) is 0 Å². The number of nitrogens with zero attached hydrogens (tertiary/aromatic N) is 2. The molecule has 0 bridgehead atoms. The molecule has 286 valence electrons. The Morgan fingerprint density at radius 3 is 0.571 bits per heavy atom. The predicted molar refractivity (Wildman–Crippen MR) is 243 cm³/mol. The summed E-state index contributed by atoms with van der Waals surface area (Å²) in [6.07, 6.45) is 0. The van der Waals surface area contributed by atoms with Gasteiger partial charge in [-0.2, -0.15) is 0 Å². The second-order valence-corrected chi connectivity index (χ2v) is 19.2. The molecule has 0 spiro atoms. The third-order valence-electron chi connectivity index (χ3n) is 10.6. The standard InChI is InChI=1S/C54H60N2/c1-51(2,3)41-19-31-47(32-20-41)55(48-33-21-42(22-34-48)52(4,5)6)45-27-15-39(16-28-45)13-14-40-17-29-46(30-18-40)56(49-35-23-43(24-36-49)53(7,8)9)50-37-25-44(26-38-50)54(10,11)12/h15-38H,1-12H3. The Hall–Kier alpha value is -5.52. The number of benzene rings is 6. The molecule has 0 saturated heterocycles. The molecule has 0 aliphatic heterocycles. The van der Waals surface area contributed by atoms with E-state index in [9.17, 15) is 0 Å².